The van der Waals surface area contributed by atoms with Gasteiger partial charge < -0.3 is 25.2 Å². The van der Waals surface area contributed by atoms with E-state index in [0.717, 1.165) is 75.1 Å². The van der Waals surface area contributed by atoms with Gasteiger partial charge in [0.2, 0.25) is 17.7 Å². The topological polar surface area (TPSA) is 107 Å². The Balaban J connectivity index is 1.00. The summed E-state index contributed by atoms with van der Waals surface area (Å²) < 4.78 is 6.22. The number of ether oxygens (including phenoxy) is 1. The number of fused-ring (bicyclic) bond motifs is 2. The van der Waals surface area contributed by atoms with E-state index in [0.29, 0.717) is 74.0 Å². The fourth-order valence-corrected chi connectivity index (χ4v) is 7.75. The van der Waals surface area contributed by atoms with Gasteiger partial charge >= 0.3 is 0 Å². The van der Waals surface area contributed by atoms with Crippen LogP contribution in [-0.4, -0.2) is 103 Å². The van der Waals surface area contributed by atoms with Gasteiger partial charge in [0.25, 0.3) is 0 Å². The molecule has 258 valence electrons. The fraction of sp³-hybridized carbons (Fsp3) is 0.556. The molecule has 0 spiro atoms. The molecule has 48 heavy (non-hydrogen) atoms. The number of aliphatic imine (C=N–C) groups is 1. The highest BCUT2D eigenvalue weighted by Gasteiger charge is 2.39. The maximum atomic E-state index is 13.9. The first-order valence-electron chi connectivity index (χ1n) is 17.5. The highest BCUT2D eigenvalue weighted by molar-refractivity contribution is 7.80. The molecule has 2 atom stereocenters. The Morgan fingerprint density at radius 1 is 0.875 bits per heavy atom. The van der Waals surface area contributed by atoms with Gasteiger partial charge in [-0.1, -0.05) is 36.6 Å². The van der Waals surface area contributed by atoms with Gasteiger partial charge in [0.1, 0.15) is 17.3 Å². The number of benzene rings is 2. The molecule has 0 bridgehead atoms. The SMILES string of the molecule is O=C(CN1CCC(CCNC(=O)C2CCCCC2C(=O)N2CCN(C3=Nc4ccccc4Oc4ccc(Cl)cc43)CC2)CC1)NCCS. The Bertz CT molecular complexity index is 1490. The van der Waals surface area contributed by atoms with E-state index in [1.165, 1.54) is 0 Å². The molecule has 3 amide bonds. The first-order valence-corrected chi connectivity index (χ1v) is 18.5. The second kappa shape index (κ2) is 16.4. The number of likely N-dealkylation sites (tertiary alicyclic amines) is 1. The van der Waals surface area contributed by atoms with Crippen LogP contribution < -0.4 is 15.4 Å². The number of nitrogens with zero attached hydrogens (tertiary/aromatic N) is 4. The Morgan fingerprint density at radius 3 is 2.40 bits per heavy atom. The van der Waals surface area contributed by atoms with Crippen molar-refractivity contribution in [2.45, 2.75) is 44.9 Å². The highest BCUT2D eigenvalue weighted by Crippen LogP contribution is 2.39. The zero-order valence-corrected chi connectivity index (χ0v) is 29.2. The first kappa shape index (κ1) is 34.6. The number of hydrogen-bond donors (Lipinski definition) is 3. The molecule has 0 radical (unpaired) electrons. The third-order valence-electron chi connectivity index (χ3n) is 10.2. The van der Waals surface area contributed by atoms with Crippen molar-refractivity contribution >= 4 is 53.5 Å². The number of thiol groups is 1. The summed E-state index contributed by atoms with van der Waals surface area (Å²) in [5, 5.41) is 6.68. The first-order chi connectivity index (χ1) is 23.4. The molecule has 6 rings (SSSR count). The molecule has 1 saturated carbocycles. The maximum absolute atomic E-state index is 13.9. The molecule has 2 aromatic carbocycles. The van der Waals surface area contributed by atoms with Crippen LogP contribution in [0.1, 0.15) is 50.5 Å². The van der Waals surface area contributed by atoms with E-state index < -0.39 is 0 Å². The molecule has 2 saturated heterocycles. The summed E-state index contributed by atoms with van der Waals surface area (Å²) in [6, 6.07) is 13.3. The molecule has 12 heteroatoms. The van der Waals surface area contributed by atoms with Gasteiger partial charge in [-0.15, -0.1) is 0 Å². The number of nitrogens with one attached hydrogen (secondary N) is 2. The molecular formula is C36H47ClN6O4S. The predicted octanol–water partition coefficient (Wildman–Crippen LogP) is 4.74. The quantitative estimate of drug-likeness (QED) is 0.328. The lowest BCUT2D eigenvalue weighted by atomic mass is 9.77. The van der Waals surface area contributed by atoms with Gasteiger partial charge in [-0.3, -0.25) is 19.3 Å². The summed E-state index contributed by atoms with van der Waals surface area (Å²) in [4.78, 5) is 50.8. The molecule has 4 aliphatic rings. The fourth-order valence-electron chi connectivity index (χ4n) is 7.47. The van der Waals surface area contributed by atoms with Crippen molar-refractivity contribution in [3.05, 3.63) is 53.1 Å². The molecule has 10 nitrogen and oxygen atoms in total. The Kier molecular flexibility index (Phi) is 11.8. The molecule has 3 heterocycles. The van der Waals surface area contributed by atoms with Gasteiger partial charge in [0.15, 0.2) is 5.75 Å². The number of amidine groups is 1. The van der Waals surface area contributed by atoms with Crippen molar-refractivity contribution in [2.75, 3.05) is 64.7 Å². The molecule has 3 fully saturated rings. The smallest absolute Gasteiger partial charge is 0.234 e. The third-order valence-corrected chi connectivity index (χ3v) is 10.6. The van der Waals surface area contributed by atoms with E-state index in [1.54, 1.807) is 0 Å². The molecule has 0 aromatic heterocycles. The Labute approximate surface area is 294 Å². The van der Waals surface area contributed by atoms with Crippen molar-refractivity contribution in [1.29, 1.82) is 0 Å². The summed E-state index contributed by atoms with van der Waals surface area (Å²) in [7, 11) is 0. The molecule has 2 aromatic rings. The average Bonchev–Trinajstić information content (AvgIpc) is 3.28. The minimum absolute atomic E-state index is 0.0185. The van der Waals surface area contributed by atoms with Crippen molar-refractivity contribution in [3.63, 3.8) is 0 Å². The number of amides is 3. The minimum Gasteiger partial charge on any atom is -0.454 e. The number of rotatable bonds is 9. The molecular weight excluding hydrogens is 648 g/mol. The molecule has 1 aliphatic carbocycles. The van der Waals surface area contributed by atoms with Crippen LogP contribution in [-0.2, 0) is 14.4 Å². The van der Waals surface area contributed by atoms with E-state index in [4.69, 9.17) is 21.3 Å². The number of piperidine rings is 1. The summed E-state index contributed by atoms with van der Waals surface area (Å²) in [5.41, 5.74) is 1.59. The number of para-hydroxylation sites is 2. The maximum Gasteiger partial charge on any atom is 0.234 e. The Hall–Kier alpha value is -3.28. The van der Waals surface area contributed by atoms with E-state index in [1.807, 2.05) is 47.4 Å². The van der Waals surface area contributed by atoms with E-state index in [2.05, 4.69) is 33.1 Å². The summed E-state index contributed by atoms with van der Waals surface area (Å²) in [6.45, 7) is 5.83. The Morgan fingerprint density at radius 2 is 1.62 bits per heavy atom. The lowest BCUT2D eigenvalue weighted by molar-refractivity contribution is -0.144. The number of hydrogen-bond acceptors (Lipinski definition) is 8. The second-order valence-electron chi connectivity index (χ2n) is 13.3. The average molecular weight is 695 g/mol. The van der Waals surface area contributed by atoms with Crippen LogP contribution in [0.15, 0.2) is 47.5 Å². The number of piperazine rings is 1. The zero-order chi connectivity index (χ0) is 33.5. The van der Waals surface area contributed by atoms with Crippen LogP contribution in [0.5, 0.6) is 11.5 Å². The van der Waals surface area contributed by atoms with Crippen LogP contribution in [0, 0.1) is 17.8 Å². The number of carbonyl (C=O) groups is 3. The van der Waals surface area contributed by atoms with Crippen LogP contribution in [0.25, 0.3) is 0 Å². The van der Waals surface area contributed by atoms with E-state index >= 15 is 0 Å². The molecule has 3 aliphatic heterocycles. The van der Waals surface area contributed by atoms with Gasteiger partial charge in [0.05, 0.1) is 12.1 Å². The second-order valence-corrected chi connectivity index (χ2v) is 14.2. The molecule has 2 N–H and O–H groups in total. The lowest BCUT2D eigenvalue weighted by Crippen LogP contribution is -2.54. The van der Waals surface area contributed by atoms with Gasteiger partial charge in [-0.05, 0) is 81.4 Å². The summed E-state index contributed by atoms with van der Waals surface area (Å²) in [5.74, 6) is 2.97. The zero-order valence-electron chi connectivity index (χ0n) is 27.5. The van der Waals surface area contributed by atoms with Crippen molar-refractivity contribution in [3.8, 4) is 11.5 Å². The van der Waals surface area contributed by atoms with E-state index in [9.17, 15) is 14.4 Å². The largest absolute Gasteiger partial charge is 0.454 e. The van der Waals surface area contributed by atoms with Gasteiger partial charge in [0, 0.05) is 61.9 Å². The van der Waals surface area contributed by atoms with Gasteiger partial charge in [-0.2, -0.15) is 12.6 Å². The third kappa shape index (κ3) is 8.47. The highest BCUT2D eigenvalue weighted by atomic mass is 35.5. The number of halogens is 1. The minimum atomic E-state index is -0.282. The van der Waals surface area contributed by atoms with Crippen molar-refractivity contribution in [2.24, 2.45) is 22.7 Å². The summed E-state index contributed by atoms with van der Waals surface area (Å²) >= 11 is 10.6. The predicted molar refractivity (Wildman–Crippen MR) is 191 cm³/mol. The van der Waals surface area contributed by atoms with E-state index in [-0.39, 0.29) is 29.6 Å². The number of carbonyl (C=O) groups excluding carboxylic acids is 3. The van der Waals surface area contributed by atoms with Crippen LogP contribution in [0.4, 0.5) is 5.69 Å². The van der Waals surface area contributed by atoms with Crippen LogP contribution in [0.2, 0.25) is 5.02 Å². The monoisotopic (exact) mass is 694 g/mol. The van der Waals surface area contributed by atoms with Gasteiger partial charge in [-0.25, -0.2) is 4.99 Å². The molecule has 2 unspecified atom stereocenters. The summed E-state index contributed by atoms with van der Waals surface area (Å²) in [6.07, 6.45) is 6.42. The van der Waals surface area contributed by atoms with Crippen molar-refractivity contribution < 1.29 is 19.1 Å². The standard InChI is InChI=1S/C36H47ClN6O4S/c37-26-9-10-31-29(23-26)34(40-30-7-3-4-8-32(30)47-31)42-18-20-43(21-19-42)36(46)28-6-2-1-5-27(28)35(45)39-14-11-25-12-16-41(17-13-25)24-33(44)38-15-22-48/h3-4,7-10,23,25,27-28,48H,1-2,5-6,11-22,24H2,(H,38,44)(H,39,45). The normalized spacial score (nSPS) is 21.7. The van der Waals surface area contributed by atoms with Crippen LogP contribution >= 0.6 is 24.2 Å². The van der Waals surface area contributed by atoms with Crippen LogP contribution in [0.3, 0.4) is 0 Å². The van der Waals surface area contributed by atoms with Crippen molar-refractivity contribution in [1.82, 2.24) is 25.3 Å². The lowest BCUT2D eigenvalue weighted by Gasteiger charge is -2.40.